The Hall–Kier alpha value is -7.62. The molecule has 0 unspecified atom stereocenters. The topological polar surface area (TPSA) is 0 Å². The summed E-state index contributed by atoms with van der Waals surface area (Å²) in [6.07, 6.45) is 0. The molecule has 0 aliphatic heterocycles. The monoisotopic (exact) mass is 1580 g/mol. The second-order valence-electron chi connectivity index (χ2n) is 31.1. The Morgan fingerprint density at radius 3 is 0.692 bits per heavy atom. The first-order valence-electron chi connectivity index (χ1n) is 35.9. The van der Waals surface area contributed by atoms with Crippen LogP contribution in [-0.4, -0.2) is 10.9 Å². The molecule has 0 aromatic heterocycles. The van der Waals surface area contributed by atoms with Gasteiger partial charge in [0.15, 0.2) is 0 Å². The fourth-order valence-electron chi connectivity index (χ4n) is 13.2. The van der Waals surface area contributed by atoms with Gasteiger partial charge in [-0.3, -0.25) is 0 Å². The number of rotatable bonds is 6. The van der Waals surface area contributed by atoms with Gasteiger partial charge < -0.3 is 24.8 Å². The fraction of sp³-hybridized carbons (Fsp3) is 0.184. The van der Waals surface area contributed by atoms with Gasteiger partial charge in [-0.1, -0.05) is 252 Å². The van der Waals surface area contributed by atoms with Gasteiger partial charge in [0.2, 0.25) is 0 Å². The average Bonchev–Trinajstić information content (AvgIpc) is 1.62. The predicted octanol–water partition coefficient (Wildman–Crippen LogP) is 18.4. The van der Waals surface area contributed by atoms with E-state index in [0.717, 1.165) is 0 Å². The van der Waals surface area contributed by atoms with Crippen LogP contribution >= 0.6 is 0 Å². The summed E-state index contributed by atoms with van der Waals surface area (Å²) < 4.78 is 0. The van der Waals surface area contributed by atoms with Gasteiger partial charge in [0.05, 0.1) is 0 Å². The molecule has 0 radical (unpaired) electrons. The molecule has 0 heterocycles. The summed E-state index contributed by atoms with van der Waals surface area (Å²) in [4.78, 5) is 0. The quantitative estimate of drug-likeness (QED) is 0.115. The Kier molecular flexibility index (Phi) is 27.6. The van der Waals surface area contributed by atoms with Crippen molar-refractivity contribution in [3.05, 3.63) is 361 Å². The van der Waals surface area contributed by atoms with Crippen molar-refractivity contribution < 1.29 is 71.5 Å². The van der Waals surface area contributed by atoms with Crippen molar-refractivity contribution in [1.29, 1.82) is 0 Å². The van der Waals surface area contributed by atoms with Crippen LogP contribution in [0, 0.1) is 13.8 Å². The molecule has 0 fully saturated rings. The van der Waals surface area contributed by atoms with Crippen molar-refractivity contribution in [1.82, 2.24) is 0 Å². The summed E-state index contributed by atoms with van der Waals surface area (Å²) in [5.74, 6) is 0. The standard InChI is InChI=1S/2C21H25.2C16H13.2C12H10Si.2ClH.2Zr/c2*1-20(2,3)16-7-9-18-14(12-16)11-15-13-17(21(4,5)6)8-10-19(15)18;2*1-12-10-14-8-5-9-15(16(14)11-12)13-6-3-2-4-7-13;2*1-3-7-11(8-4-1)13-12-9-5-2-6-10-12;;;;/h2*7-13H,1-6H3;2*2-11H,1H3;2*1-10H;2*1H;;/q4*-1;;;;;2*+2/p-2. The van der Waals surface area contributed by atoms with Crippen LogP contribution in [0.15, 0.2) is 328 Å². The SMILES string of the molecule is CC(C)(C)c1ccc2c(c1)[cH-]c1cc(C(C)(C)C)ccc12.CC(C)(C)c1ccc2c(c1)[cH-]c1cc(C(C)(C)C)ccc12.Cc1cc2c(-c3ccccc3)cccc2[cH-]1.Cc1cc2c(-c3ccccc3)cccc2[cH-]1.[Cl-].[Cl-].[Zr+2]=[Si](c1ccccc1)c1ccccc1.[Zr+2]=[Si](c1ccccc1)c1ccccc1. The van der Waals surface area contributed by atoms with E-state index in [1.54, 1.807) is 46.7 Å². The number of hydrogen-bond donors (Lipinski definition) is 0. The Balaban J connectivity index is 0.000000145. The van der Waals surface area contributed by atoms with Gasteiger partial charge >= 0.3 is 200 Å². The molecule has 0 spiro atoms. The van der Waals surface area contributed by atoms with Crippen molar-refractivity contribution >= 4 is 96.2 Å². The van der Waals surface area contributed by atoms with Crippen LogP contribution in [0.3, 0.4) is 0 Å². The minimum atomic E-state index is -0.455. The van der Waals surface area contributed by atoms with Crippen LogP contribution < -0.4 is 45.6 Å². The summed E-state index contributed by atoms with van der Waals surface area (Å²) in [6, 6.07) is 119. The van der Waals surface area contributed by atoms with Gasteiger partial charge in [-0.2, -0.15) is 12.1 Å². The van der Waals surface area contributed by atoms with E-state index < -0.39 is 10.9 Å². The van der Waals surface area contributed by atoms with E-state index in [9.17, 15) is 0 Å². The number of aryl methyl sites for hydroxylation is 2. The molecule has 6 heteroatoms. The van der Waals surface area contributed by atoms with Crippen molar-refractivity contribution in [2.24, 2.45) is 0 Å². The number of benzene rings is 12. The molecule has 104 heavy (non-hydrogen) atoms. The summed E-state index contributed by atoms with van der Waals surface area (Å²) >= 11 is 3.29. The van der Waals surface area contributed by atoms with Gasteiger partial charge in [0, 0.05) is 0 Å². The molecule has 0 saturated heterocycles. The van der Waals surface area contributed by atoms with E-state index in [2.05, 4.69) is 425 Å². The zero-order chi connectivity index (χ0) is 72.3. The molecule has 0 atom stereocenters. The molecule has 0 nitrogen and oxygen atoms in total. The van der Waals surface area contributed by atoms with E-state index in [-0.39, 0.29) is 46.5 Å². The molecule has 16 aromatic carbocycles. The molecule has 16 aromatic rings. The third-order valence-corrected chi connectivity index (χ3v) is 31.2. The Labute approximate surface area is 663 Å². The molecule has 0 amide bonds. The maximum absolute atomic E-state index is 2.35. The van der Waals surface area contributed by atoms with E-state index in [1.165, 1.54) is 141 Å². The first kappa shape index (κ1) is 80.5. The van der Waals surface area contributed by atoms with Crippen molar-refractivity contribution in [2.45, 2.75) is 119 Å². The first-order chi connectivity index (χ1) is 48.8. The molecule has 0 saturated carbocycles. The van der Waals surface area contributed by atoms with Gasteiger partial charge in [-0.15, -0.1) is 149 Å². The van der Waals surface area contributed by atoms with Gasteiger partial charge in [0.25, 0.3) is 0 Å². The van der Waals surface area contributed by atoms with Crippen molar-refractivity contribution in [2.75, 3.05) is 0 Å². The Bertz CT molecular complexity index is 4900. The molecular formula is C98H96Cl2Si2Zr2-2. The maximum atomic E-state index is 2.35. The van der Waals surface area contributed by atoms with Crippen LogP contribution in [0.2, 0.25) is 0 Å². The van der Waals surface area contributed by atoms with Gasteiger partial charge in [-0.05, 0) is 32.8 Å². The second kappa shape index (κ2) is 35.6. The molecule has 0 aliphatic carbocycles. The van der Waals surface area contributed by atoms with Crippen LogP contribution in [0.1, 0.15) is 116 Å². The molecular weight excluding hydrogens is 1490 g/mol. The molecule has 16 rings (SSSR count). The Morgan fingerprint density at radius 2 is 0.462 bits per heavy atom. The summed E-state index contributed by atoms with van der Waals surface area (Å²) in [5, 5.41) is 22.4. The number of hydrogen-bond acceptors (Lipinski definition) is 0. The van der Waals surface area contributed by atoms with Crippen LogP contribution in [0.25, 0.3) is 86.9 Å². The zero-order valence-corrected chi connectivity index (χ0v) is 71.4. The van der Waals surface area contributed by atoms with Crippen molar-refractivity contribution in [3.8, 4) is 22.3 Å². The summed E-state index contributed by atoms with van der Waals surface area (Å²) in [5.41, 5.74) is 13.4. The van der Waals surface area contributed by atoms with Crippen LogP contribution in [-0.2, 0) is 68.3 Å². The number of halogens is 2. The van der Waals surface area contributed by atoms with Crippen LogP contribution in [0.5, 0.6) is 0 Å². The molecule has 520 valence electrons. The van der Waals surface area contributed by atoms with Crippen molar-refractivity contribution in [3.63, 3.8) is 0 Å². The summed E-state index contributed by atoms with van der Waals surface area (Å²) in [6.45, 7) is 31.6. The molecule has 0 aliphatic rings. The molecule has 0 bridgehead atoms. The summed E-state index contributed by atoms with van der Waals surface area (Å²) in [7, 11) is 0. The fourth-order valence-corrected chi connectivity index (χ4v) is 20.9. The average molecular weight is 1580 g/mol. The number of fused-ring (bicyclic) bond motifs is 8. The first-order valence-corrected chi connectivity index (χ1v) is 46.2. The second-order valence-corrected chi connectivity index (χ2v) is 42.3. The Morgan fingerprint density at radius 1 is 0.231 bits per heavy atom. The van der Waals surface area contributed by atoms with Crippen LogP contribution in [0.4, 0.5) is 0 Å². The normalized spacial score (nSPS) is 11.3. The zero-order valence-electron chi connectivity index (χ0n) is 62.9. The molecule has 0 N–H and O–H groups in total. The predicted molar refractivity (Wildman–Crippen MR) is 444 cm³/mol. The third kappa shape index (κ3) is 20.5. The van der Waals surface area contributed by atoms with E-state index in [0.29, 0.717) is 0 Å². The van der Waals surface area contributed by atoms with Gasteiger partial charge in [-0.25, -0.2) is 0 Å². The van der Waals surface area contributed by atoms with E-state index in [1.807, 2.05) is 0 Å². The van der Waals surface area contributed by atoms with E-state index in [4.69, 9.17) is 0 Å². The minimum absolute atomic E-state index is 0. The third-order valence-electron chi connectivity index (χ3n) is 19.1. The van der Waals surface area contributed by atoms with Gasteiger partial charge in [0.1, 0.15) is 0 Å². The van der Waals surface area contributed by atoms with E-state index >= 15 is 0 Å².